The van der Waals surface area contributed by atoms with Gasteiger partial charge >= 0.3 is 0 Å². The molecule has 0 aromatic heterocycles. The van der Waals surface area contributed by atoms with Crippen LogP contribution in [0.4, 0.5) is 11.4 Å². The molecular weight excluding hydrogens is 260 g/mol. The first kappa shape index (κ1) is 12.1. The van der Waals surface area contributed by atoms with Crippen molar-refractivity contribution in [1.29, 1.82) is 0 Å². The van der Waals surface area contributed by atoms with Crippen LogP contribution >= 0.6 is 11.6 Å². The Morgan fingerprint density at radius 2 is 1.89 bits per heavy atom. The molecule has 0 saturated carbocycles. The van der Waals surface area contributed by atoms with E-state index in [0.29, 0.717) is 17.2 Å². The highest BCUT2D eigenvalue weighted by molar-refractivity contribution is 6.31. The Morgan fingerprint density at radius 1 is 1.11 bits per heavy atom. The zero-order chi connectivity index (χ0) is 13.2. The minimum atomic E-state index is 0.648. The Hall–Kier alpha value is -2.00. The Labute approximate surface area is 116 Å². The SMILES string of the molecule is ON=C1CCN(c2ccccc2)c2ccc(Cl)cc21. The summed E-state index contributed by atoms with van der Waals surface area (Å²) in [4.78, 5) is 2.21. The molecule has 1 aliphatic heterocycles. The molecule has 2 aromatic carbocycles. The average Bonchev–Trinajstić information content (AvgIpc) is 2.47. The first-order valence-corrected chi connectivity index (χ1v) is 6.51. The molecule has 0 bridgehead atoms. The van der Waals surface area contributed by atoms with Gasteiger partial charge in [0, 0.05) is 29.2 Å². The monoisotopic (exact) mass is 272 g/mol. The average molecular weight is 273 g/mol. The van der Waals surface area contributed by atoms with Crippen LogP contribution < -0.4 is 4.90 Å². The van der Waals surface area contributed by atoms with E-state index in [9.17, 15) is 0 Å². The van der Waals surface area contributed by atoms with Gasteiger partial charge in [0.1, 0.15) is 0 Å². The van der Waals surface area contributed by atoms with E-state index in [-0.39, 0.29) is 0 Å². The summed E-state index contributed by atoms with van der Waals surface area (Å²) in [7, 11) is 0. The Morgan fingerprint density at radius 3 is 2.63 bits per heavy atom. The molecule has 0 radical (unpaired) electrons. The minimum absolute atomic E-state index is 0.648. The van der Waals surface area contributed by atoms with Gasteiger partial charge in [-0.05, 0) is 30.3 Å². The van der Waals surface area contributed by atoms with Crippen LogP contribution in [0, 0.1) is 0 Å². The van der Waals surface area contributed by atoms with E-state index < -0.39 is 0 Å². The van der Waals surface area contributed by atoms with Crippen LogP contribution in [0.5, 0.6) is 0 Å². The topological polar surface area (TPSA) is 35.8 Å². The molecule has 2 aromatic rings. The first-order valence-electron chi connectivity index (χ1n) is 6.13. The summed E-state index contributed by atoms with van der Waals surface area (Å²) in [5.41, 5.74) is 3.73. The molecule has 3 rings (SSSR count). The van der Waals surface area contributed by atoms with Crippen LogP contribution in [-0.4, -0.2) is 17.5 Å². The maximum Gasteiger partial charge on any atom is 0.0907 e. The summed E-state index contributed by atoms with van der Waals surface area (Å²) in [5.74, 6) is 0. The van der Waals surface area contributed by atoms with Gasteiger partial charge in [0.05, 0.1) is 11.4 Å². The molecule has 3 nitrogen and oxygen atoms in total. The number of hydrogen-bond donors (Lipinski definition) is 1. The van der Waals surface area contributed by atoms with Gasteiger partial charge in [-0.15, -0.1) is 0 Å². The van der Waals surface area contributed by atoms with E-state index in [1.54, 1.807) is 0 Å². The zero-order valence-electron chi connectivity index (χ0n) is 10.3. The zero-order valence-corrected chi connectivity index (χ0v) is 11.0. The number of hydrogen-bond acceptors (Lipinski definition) is 3. The van der Waals surface area contributed by atoms with Crippen LogP contribution in [0.2, 0.25) is 5.02 Å². The summed E-state index contributed by atoms with van der Waals surface area (Å²) < 4.78 is 0. The summed E-state index contributed by atoms with van der Waals surface area (Å²) >= 11 is 6.04. The normalized spacial score (nSPS) is 16.5. The third kappa shape index (κ3) is 2.17. The first-order chi connectivity index (χ1) is 9.29. The van der Waals surface area contributed by atoms with Crippen LogP contribution in [-0.2, 0) is 0 Å². The summed E-state index contributed by atoms with van der Waals surface area (Å²) in [5, 5.41) is 13.1. The van der Waals surface area contributed by atoms with E-state index in [4.69, 9.17) is 16.8 Å². The Kier molecular flexibility index (Phi) is 3.13. The quantitative estimate of drug-likeness (QED) is 0.628. The number of fused-ring (bicyclic) bond motifs is 1. The summed E-state index contributed by atoms with van der Waals surface area (Å²) in [6, 6.07) is 15.8. The summed E-state index contributed by atoms with van der Waals surface area (Å²) in [6.45, 7) is 0.790. The fraction of sp³-hybridized carbons (Fsp3) is 0.133. The number of nitrogens with zero attached hydrogens (tertiary/aromatic N) is 2. The number of halogens is 1. The van der Waals surface area contributed by atoms with Crippen molar-refractivity contribution in [2.75, 3.05) is 11.4 Å². The Balaban J connectivity index is 2.12. The second-order valence-corrected chi connectivity index (χ2v) is 4.88. The van der Waals surface area contributed by atoms with E-state index >= 15 is 0 Å². The molecule has 1 N–H and O–H groups in total. The van der Waals surface area contributed by atoms with Crippen molar-refractivity contribution in [2.45, 2.75) is 6.42 Å². The number of rotatable bonds is 1. The molecule has 19 heavy (non-hydrogen) atoms. The van der Waals surface area contributed by atoms with Crippen LogP contribution in [0.1, 0.15) is 12.0 Å². The highest BCUT2D eigenvalue weighted by Crippen LogP contribution is 2.34. The van der Waals surface area contributed by atoms with Crippen molar-refractivity contribution in [2.24, 2.45) is 5.16 Å². The molecule has 4 heteroatoms. The van der Waals surface area contributed by atoms with Crippen molar-refractivity contribution >= 4 is 28.7 Å². The predicted octanol–water partition coefficient (Wildman–Crippen LogP) is 4.06. The predicted molar refractivity (Wildman–Crippen MR) is 77.8 cm³/mol. The maximum absolute atomic E-state index is 9.11. The molecule has 1 heterocycles. The molecule has 0 unspecified atom stereocenters. The van der Waals surface area contributed by atoms with E-state index in [1.165, 1.54) is 0 Å². The van der Waals surface area contributed by atoms with Gasteiger partial charge in [0.25, 0.3) is 0 Å². The van der Waals surface area contributed by atoms with Crippen LogP contribution in [0.25, 0.3) is 0 Å². The lowest BCUT2D eigenvalue weighted by atomic mass is 9.99. The largest absolute Gasteiger partial charge is 0.411 e. The maximum atomic E-state index is 9.11. The fourth-order valence-corrected chi connectivity index (χ4v) is 2.60. The van der Waals surface area contributed by atoms with E-state index in [2.05, 4.69) is 22.2 Å². The molecule has 0 saturated heterocycles. The van der Waals surface area contributed by atoms with E-state index in [1.807, 2.05) is 36.4 Å². The molecule has 0 spiro atoms. The lowest BCUT2D eigenvalue weighted by Gasteiger charge is -2.31. The third-order valence-corrected chi connectivity index (χ3v) is 3.56. The van der Waals surface area contributed by atoms with Gasteiger partial charge in [-0.1, -0.05) is 35.0 Å². The number of para-hydroxylation sites is 1. The lowest BCUT2D eigenvalue weighted by molar-refractivity contribution is 0.318. The molecule has 1 aliphatic rings. The highest BCUT2D eigenvalue weighted by Gasteiger charge is 2.23. The van der Waals surface area contributed by atoms with Crippen molar-refractivity contribution in [3.8, 4) is 0 Å². The minimum Gasteiger partial charge on any atom is -0.411 e. The third-order valence-electron chi connectivity index (χ3n) is 3.32. The highest BCUT2D eigenvalue weighted by atomic mass is 35.5. The second-order valence-electron chi connectivity index (χ2n) is 4.45. The van der Waals surface area contributed by atoms with Gasteiger partial charge in [-0.3, -0.25) is 0 Å². The molecule has 0 amide bonds. The molecule has 0 fully saturated rings. The van der Waals surface area contributed by atoms with Gasteiger partial charge in [-0.25, -0.2) is 0 Å². The van der Waals surface area contributed by atoms with Crippen LogP contribution in [0.15, 0.2) is 53.7 Å². The van der Waals surface area contributed by atoms with Gasteiger partial charge < -0.3 is 10.1 Å². The molecule has 96 valence electrons. The van der Waals surface area contributed by atoms with Gasteiger partial charge in [-0.2, -0.15) is 0 Å². The van der Waals surface area contributed by atoms with Crippen molar-refractivity contribution in [3.63, 3.8) is 0 Å². The second kappa shape index (κ2) is 4.94. The van der Waals surface area contributed by atoms with Crippen molar-refractivity contribution in [1.82, 2.24) is 0 Å². The molecular formula is C15H13ClN2O. The lowest BCUT2D eigenvalue weighted by Crippen LogP contribution is -2.28. The standard InChI is InChI=1S/C15H13ClN2O/c16-11-6-7-15-13(10-11)14(17-19)8-9-18(15)12-4-2-1-3-5-12/h1-7,10,19H,8-9H2. The van der Waals surface area contributed by atoms with Gasteiger partial charge in [0.2, 0.25) is 0 Å². The van der Waals surface area contributed by atoms with Crippen LogP contribution in [0.3, 0.4) is 0 Å². The Bertz CT molecular complexity index is 625. The molecule has 0 atom stereocenters. The number of anilines is 2. The smallest absolute Gasteiger partial charge is 0.0907 e. The molecule has 0 aliphatic carbocycles. The fourth-order valence-electron chi connectivity index (χ4n) is 2.43. The number of oxime groups is 1. The van der Waals surface area contributed by atoms with Gasteiger partial charge in [0.15, 0.2) is 0 Å². The van der Waals surface area contributed by atoms with Crippen molar-refractivity contribution in [3.05, 3.63) is 59.1 Å². The summed E-state index contributed by atoms with van der Waals surface area (Å²) in [6.07, 6.45) is 0.693. The van der Waals surface area contributed by atoms with Crippen molar-refractivity contribution < 1.29 is 5.21 Å². The van der Waals surface area contributed by atoms with E-state index in [0.717, 1.165) is 23.5 Å². The number of benzene rings is 2.